The van der Waals surface area contributed by atoms with E-state index in [0.29, 0.717) is 36.2 Å². The monoisotopic (exact) mass is 414 g/mol. The standard InChI is InChI=1S/C22H20Cl2N2O2/c23-19-5-1-3-17(15-19)7-9-21(27)25-11-13-26(14-12-25)22(28)10-8-18-4-2-6-20(24)16-18/h1-10,15-16H,11-14H2/b9-7+,10-8+. The van der Waals surface area contributed by atoms with Crippen molar-refractivity contribution in [1.29, 1.82) is 0 Å². The Hall–Kier alpha value is -2.56. The molecule has 1 heterocycles. The zero-order chi connectivity index (χ0) is 19.9. The van der Waals surface area contributed by atoms with Gasteiger partial charge in [-0.05, 0) is 47.5 Å². The fraction of sp³-hybridized carbons (Fsp3) is 0.182. The van der Waals surface area contributed by atoms with Gasteiger partial charge in [0.1, 0.15) is 0 Å². The van der Waals surface area contributed by atoms with Crippen molar-refractivity contribution in [2.45, 2.75) is 0 Å². The summed E-state index contributed by atoms with van der Waals surface area (Å²) in [4.78, 5) is 28.2. The molecule has 144 valence electrons. The van der Waals surface area contributed by atoms with Crippen molar-refractivity contribution in [3.05, 3.63) is 81.9 Å². The van der Waals surface area contributed by atoms with Crippen LogP contribution < -0.4 is 0 Å². The van der Waals surface area contributed by atoms with Gasteiger partial charge in [-0.1, -0.05) is 47.5 Å². The molecule has 0 unspecified atom stereocenters. The van der Waals surface area contributed by atoms with E-state index < -0.39 is 0 Å². The minimum Gasteiger partial charge on any atom is -0.336 e. The van der Waals surface area contributed by atoms with Crippen LogP contribution in [0.15, 0.2) is 60.7 Å². The Morgan fingerprint density at radius 2 is 1.11 bits per heavy atom. The molecule has 2 aromatic rings. The summed E-state index contributed by atoms with van der Waals surface area (Å²) in [5, 5.41) is 1.26. The third-order valence-corrected chi connectivity index (χ3v) is 4.91. The van der Waals surface area contributed by atoms with Crippen molar-refractivity contribution in [1.82, 2.24) is 9.80 Å². The summed E-state index contributed by atoms with van der Waals surface area (Å²) in [6.07, 6.45) is 6.59. The molecule has 0 aromatic heterocycles. The van der Waals surface area contributed by atoms with Crippen molar-refractivity contribution >= 4 is 47.2 Å². The maximum atomic E-state index is 12.4. The van der Waals surface area contributed by atoms with Crippen molar-refractivity contribution in [2.75, 3.05) is 26.2 Å². The first-order chi connectivity index (χ1) is 13.5. The van der Waals surface area contributed by atoms with Crippen LogP contribution in [-0.4, -0.2) is 47.8 Å². The number of amides is 2. The van der Waals surface area contributed by atoms with Crippen LogP contribution in [0.3, 0.4) is 0 Å². The maximum absolute atomic E-state index is 12.4. The SMILES string of the molecule is O=C(/C=C/c1cccc(Cl)c1)N1CCN(C(=O)/C=C/c2cccc(Cl)c2)CC1. The lowest BCUT2D eigenvalue weighted by Gasteiger charge is -2.33. The van der Waals surface area contributed by atoms with Gasteiger partial charge < -0.3 is 9.80 Å². The normalized spacial score (nSPS) is 14.8. The van der Waals surface area contributed by atoms with Crippen molar-refractivity contribution in [2.24, 2.45) is 0 Å². The molecule has 28 heavy (non-hydrogen) atoms. The summed E-state index contributed by atoms with van der Waals surface area (Å²) in [5.41, 5.74) is 1.75. The molecule has 1 saturated heterocycles. The molecule has 0 N–H and O–H groups in total. The first kappa shape index (κ1) is 20.2. The average Bonchev–Trinajstić information content (AvgIpc) is 2.70. The zero-order valence-electron chi connectivity index (χ0n) is 15.2. The molecular formula is C22H20Cl2N2O2. The van der Waals surface area contributed by atoms with Gasteiger partial charge in [0.2, 0.25) is 11.8 Å². The zero-order valence-corrected chi connectivity index (χ0v) is 16.7. The molecule has 1 fully saturated rings. The first-order valence-electron chi connectivity index (χ1n) is 8.96. The summed E-state index contributed by atoms with van der Waals surface area (Å²) in [6, 6.07) is 14.6. The smallest absolute Gasteiger partial charge is 0.246 e. The van der Waals surface area contributed by atoms with Crippen molar-refractivity contribution < 1.29 is 9.59 Å². The Morgan fingerprint density at radius 3 is 1.46 bits per heavy atom. The molecule has 4 nitrogen and oxygen atoms in total. The van der Waals surface area contributed by atoms with Crippen LogP contribution in [0, 0.1) is 0 Å². The number of hydrogen-bond donors (Lipinski definition) is 0. The Morgan fingerprint density at radius 1 is 0.714 bits per heavy atom. The summed E-state index contributed by atoms with van der Waals surface area (Å²) in [5.74, 6) is -0.136. The number of nitrogens with zero attached hydrogens (tertiary/aromatic N) is 2. The highest BCUT2D eigenvalue weighted by Gasteiger charge is 2.21. The molecule has 2 aromatic carbocycles. The number of hydrogen-bond acceptors (Lipinski definition) is 2. The first-order valence-corrected chi connectivity index (χ1v) is 9.72. The lowest BCUT2D eigenvalue weighted by Crippen LogP contribution is -2.49. The van der Waals surface area contributed by atoms with Gasteiger partial charge >= 0.3 is 0 Å². The quantitative estimate of drug-likeness (QED) is 0.695. The lowest BCUT2D eigenvalue weighted by molar-refractivity contribution is -0.133. The van der Waals surface area contributed by atoms with E-state index in [4.69, 9.17) is 23.2 Å². The summed E-state index contributed by atoms with van der Waals surface area (Å²) in [6.45, 7) is 2.04. The lowest BCUT2D eigenvalue weighted by atomic mass is 10.2. The van der Waals surface area contributed by atoms with Crippen LogP contribution >= 0.6 is 23.2 Å². The minimum absolute atomic E-state index is 0.0680. The van der Waals surface area contributed by atoms with E-state index in [1.165, 1.54) is 0 Å². The van der Waals surface area contributed by atoms with E-state index in [1.54, 1.807) is 58.4 Å². The topological polar surface area (TPSA) is 40.6 Å². The molecule has 3 rings (SSSR count). The van der Waals surface area contributed by atoms with Gasteiger partial charge in [-0.15, -0.1) is 0 Å². The summed E-state index contributed by atoms with van der Waals surface area (Å²) >= 11 is 11.9. The Kier molecular flexibility index (Phi) is 6.90. The highest BCUT2D eigenvalue weighted by atomic mass is 35.5. The number of halogens is 2. The summed E-state index contributed by atoms with van der Waals surface area (Å²) in [7, 11) is 0. The van der Waals surface area contributed by atoms with Crippen LogP contribution in [0.1, 0.15) is 11.1 Å². The molecule has 6 heteroatoms. The van der Waals surface area contributed by atoms with Crippen LogP contribution in [0.4, 0.5) is 0 Å². The predicted octanol–water partition coefficient (Wildman–Crippen LogP) is 4.39. The molecule has 0 spiro atoms. The molecule has 0 atom stereocenters. The third-order valence-electron chi connectivity index (χ3n) is 4.44. The van der Waals surface area contributed by atoms with Crippen LogP contribution in [-0.2, 0) is 9.59 Å². The Bertz CT molecular complexity index is 841. The molecule has 1 aliphatic heterocycles. The fourth-order valence-electron chi connectivity index (χ4n) is 2.91. The average molecular weight is 415 g/mol. The van der Waals surface area contributed by atoms with E-state index in [2.05, 4.69) is 0 Å². The molecular weight excluding hydrogens is 395 g/mol. The minimum atomic E-state index is -0.0680. The highest BCUT2D eigenvalue weighted by Crippen LogP contribution is 2.14. The van der Waals surface area contributed by atoms with Gasteiger partial charge in [0.25, 0.3) is 0 Å². The number of carbonyl (C=O) groups excluding carboxylic acids is 2. The van der Waals surface area contributed by atoms with Gasteiger partial charge in [0, 0.05) is 48.4 Å². The second-order valence-electron chi connectivity index (χ2n) is 6.43. The molecule has 0 bridgehead atoms. The number of benzene rings is 2. The third kappa shape index (κ3) is 5.72. The molecule has 2 amide bonds. The second kappa shape index (κ2) is 9.58. The van der Waals surface area contributed by atoms with E-state index >= 15 is 0 Å². The van der Waals surface area contributed by atoms with Gasteiger partial charge in [0.05, 0.1) is 0 Å². The van der Waals surface area contributed by atoms with Crippen LogP contribution in [0.2, 0.25) is 10.0 Å². The fourth-order valence-corrected chi connectivity index (χ4v) is 3.31. The van der Waals surface area contributed by atoms with E-state index in [-0.39, 0.29) is 11.8 Å². The number of carbonyl (C=O) groups is 2. The molecule has 0 saturated carbocycles. The highest BCUT2D eigenvalue weighted by molar-refractivity contribution is 6.31. The van der Waals surface area contributed by atoms with Crippen LogP contribution in [0.25, 0.3) is 12.2 Å². The van der Waals surface area contributed by atoms with E-state index in [9.17, 15) is 9.59 Å². The second-order valence-corrected chi connectivity index (χ2v) is 7.30. The Labute approximate surface area is 174 Å². The Balaban J connectivity index is 1.50. The van der Waals surface area contributed by atoms with Crippen molar-refractivity contribution in [3.8, 4) is 0 Å². The predicted molar refractivity (Wildman–Crippen MR) is 114 cm³/mol. The van der Waals surface area contributed by atoms with Gasteiger partial charge in [0.15, 0.2) is 0 Å². The van der Waals surface area contributed by atoms with Crippen molar-refractivity contribution in [3.63, 3.8) is 0 Å². The van der Waals surface area contributed by atoms with E-state index in [1.807, 2.05) is 24.3 Å². The molecule has 1 aliphatic rings. The molecule has 0 radical (unpaired) electrons. The maximum Gasteiger partial charge on any atom is 0.246 e. The van der Waals surface area contributed by atoms with Crippen LogP contribution in [0.5, 0.6) is 0 Å². The largest absolute Gasteiger partial charge is 0.336 e. The number of piperazine rings is 1. The summed E-state index contributed by atoms with van der Waals surface area (Å²) < 4.78 is 0. The van der Waals surface area contributed by atoms with Gasteiger partial charge in [-0.2, -0.15) is 0 Å². The van der Waals surface area contributed by atoms with E-state index in [0.717, 1.165) is 11.1 Å². The van der Waals surface area contributed by atoms with Gasteiger partial charge in [-0.3, -0.25) is 9.59 Å². The number of rotatable bonds is 4. The molecule has 0 aliphatic carbocycles. The van der Waals surface area contributed by atoms with Gasteiger partial charge in [-0.25, -0.2) is 0 Å².